The zero-order chi connectivity index (χ0) is 13.8. The second-order valence-electron chi connectivity index (χ2n) is 4.98. The number of hydrogen-bond donors (Lipinski definition) is 1. The van der Waals surface area contributed by atoms with Crippen molar-refractivity contribution in [2.75, 3.05) is 11.9 Å². The lowest BCUT2D eigenvalue weighted by molar-refractivity contribution is 0.678. The summed E-state index contributed by atoms with van der Waals surface area (Å²) < 4.78 is 0. The van der Waals surface area contributed by atoms with Crippen molar-refractivity contribution >= 4 is 17.2 Å². The van der Waals surface area contributed by atoms with Gasteiger partial charge in [0.05, 0.1) is 0 Å². The van der Waals surface area contributed by atoms with Gasteiger partial charge < -0.3 is 10.6 Å². The quantitative estimate of drug-likeness (QED) is 0.911. The summed E-state index contributed by atoms with van der Waals surface area (Å²) in [5, 5.41) is 2.12. The predicted octanol–water partition coefficient (Wildman–Crippen LogP) is 3.23. The second-order valence-corrected chi connectivity index (χ2v) is 6.01. The van der Waals surface area contributed by atoms with Gasteiger partial charge in [0.2, 0.25) is 0 Å². The molecule has 2 aromatic rings. The van der Waals surface area contributed by atoms with Gasteiger partial charge in [0.25, 0.3) is 0 Å². The van der Waals surface area contributed by atoms with Crippen molar-refractivity contribution in [1.82, 2.24) is 4.98 Å². The van der Waals surface area contributed by atoms with Gasteiger partial charge in [-0.25, -0.2) is 4.98 Å². The molecule has 1 unspecified atom stereocenters. The summed E-state index contributed by atoms with van der Waals surface area (Å²) in [7, 11) is 2.09. The fraction of sp³-hybridized carbons (Fsp3) is 0.400. The van der Waals surface area contributed by atoms with E-state index in [4.69, 9.17) is 5.73 Å². The van der Waals surface area contributed by atoms with Crippen molar-refractivity contribution in [3.8, 4) is 0 Å². The van der Waals surface area contributed by atoms with E-state index in [9.17, 15) is 0 Å². The Morgan fingerprint density at radius 1 is 1.37 bits per heavy atom. The van der Waals surface area contributed by atoms with Gasteiger partial charge in [-0.05, 0) is 43.0 Å². The minimum Gasteiger partial charge on any atom is -0.357 e. The molecule has 2 N–H and O–H groups in total. The van der Waals surface area contributed by atoms with Crippen LogP contribution in [0.25, 0.3) is 0 Å². The van der Waals surface area contributed by atoms with E-state index < -0.39 is 0 Å². The first kappa shape index (κ1) is 14.0. The molecule has 0 aromatic carbocycles. The van der Waals surface area contributed by atoms with Crippen molar-refractivity contribution in [1.29, 1.82) is 0 Å². The zero-order valence-corrected chi connectivity index (χ0v) is 12.5. The fourth-order valence-electron chi connectivity index (χ4n) is 1.99. The molecular weight excluding hydrogens is 254 g/mol. The Bertz CT molecular complexity index is 508. The molecule has 2 atom stereocenters. The predicted molar refractivity (Wildman–Crippen MR) is 82.7 cm³/mol. The molecule has 19 heavy (non-hydrogen) atoms. The van der Waals surface area contributed by atoms with Crippen LogP contribution in [-0.4, -0.2) is 18.1 Å². The zero-order valence-electron chi connectivity index (χ0n) is 11.7. The highest BCUT2D eigenvalue weighted by atomic mass is 32.1. The lowest BCUT2D eigenvalue weighted by Crippen LogP contribution is -2.31. The molecule has 0 radical (unpaired) electrons. The smallest absolute Gasteiger partial charge is 0.128 e. The van der Waals surface area contributed by atoms with Crippen LogP contribution in [-0.2, 0) is 6.42 Å². The largest absolute Gasteiger partial charge is 0.357 e. The maximum Gasteiger partial charge on any atom is 0.128 e. The van der Waals surface area contributed by atoms with E-state index in [0.717, 1.165) is 17.8 Å². The van der Waals surface area contributed by atoms with Crippen LogP contribution < -0.4 is 10.6 Å². The average Bonchev–Trinajstić information content (AvgIpc) is 2.90. The molecular formula is C15H21N3S. The van der Waals surface area contributed by atoms with Crippen LogP contribution in [0, 0.1) is 0 Å². The summed E-state index contributed by atoms with van der Waals surface area (Å²) in [6, 6.07) is 8.79. The minimum absolute atomic E-state index is 0.0442. The molecule has 0 aliphatic rings. The molecule has 2 rings (SSSR count). The van der Waals surface area contributed by atoms with Gasteiger partial charge in [-0.3, -0.25) is 0 Å². The van der Waals surface area contributed by atoms with E-state index in [1.807, 2.05) is 19.2 Å². The monoisotopic (exact) mass is 275 g/mol. The Morgan fingerprint density at radius 2 is 2.16 bits per heavy atom. The van der Waals surface area contributed by atoms with Crippen LogP contribution in [0.15, 0.2) is 35.8 Å². The van der Waals surface area contributed by atoms with E-state index in [1.165, 1.54) is 4.88 Å². The first-order valence-electron chi connectivity index (χ1n) is 6.54. The number of rotatable bonds is 5. The summed E-state index contributed by atoms with van der Waals surface area (Å²) in [5.41, 5.74) is 7.05. The molecule has 0 spiro atoms. The summed E-state index contributed by atoms with van der Waals surface area (Å²) in [4.78, 5) is 8.07. The Labute approximate surface area is 119 Å². The topological polar surface area (TPSA) is 42.1 Å². The molecule has 0 amide bonds. The maximum atomic E-state index is 5.92. The van der Waals surface area contributed by atoms with E-state index >= 15 is 0 Å². The lowest BCUT2D eigenvalue weighted by Gasteiger charge is -2.26. The normalized spacial score (nSPS) is 14.1. The van der Waals surface area contributed by atoms with E-state index in [-0.39, 0.29) is 6.04 Å². The SMILES string of the molecule is CC(Cc1cccs1)N(C)c1cc([C@@H](C)N)ccn1. The van der Waals surface area contributed by atoms with Gasteiger partial charge in [-0.15, -0.1) is 11.3 Å². The average molecular weight is 275 g/mol. The van der Waals surface area contributed by atoms with Crippen LogP contribution in [0.5, 0.6) is 0 Å². The first-order chi connectivity index (χ1) is 9.08. The van der Waals surface area contributed by atoms with E-state index in [2.05, 4.69) is 47.4 Å². The Morgan fingerprint density at radius 3 is 2.79 bits per heavy atom. The molecule has 4 heteroatoms. The highest BCUT2D eigenvalue weighted by Crippen LogP contribution is 2.20. The minimum atomic E-state index is 0.0442. The number of aromatic nitrogens is 1. The summed E-state index contributed by atoms with van der Waals surface area (Å²) >= 11 is 1.80. The Kier molecular flexibility index (Phi) is 4.56. The standard InChI is InChI=1S/C15H21N3S/c1-11(9-14-5-4-8-19-14)18(3)15-10-13(12(2)16)6-7-17-15/h4-8,10-12H,9,16H2,1-3H3/t11?,12-/m1/s1. The number of pyridine rings is 1. The number of thiophene rings is 1. The first-order valence-corrected chi connectivity index (χ1v) is 7.42. The third kappa shape index (κ3) is 3.55. The van der Waals surface area contributed by atoms with E-state index in [0.29, 0.717) is 6.04 Å². The molecule has 102 valence electrons. The number of nitrogens with two attached hydrogens (primary N) is 1. The van der Waals surface area contributed by atoms with Crippen molar-refractivity contribution in [3.63, 3.8) is 0 Å². The molecule has 0 saturated heterocycles. The molecule has 2 aromatic heterocycles. The van der Waals surface area contributed by atoms with Crippen LogP contribution in [0.3, 0.4) is 0 Å². The summed E-state index contributed by atoms with van der Waals surface area (Å²) in [6.07, 6.45) is 2.88. The number of hydrogen-bond acceptors (Lipinski definition) is 4. The molecule has 0 bridgehead atoms. The third-order valence-electron chi connectivity index (χ3n) is 3.39. The molecule has 0 fully saturated rings. The van der Waals surface area contributed by atoms with Gasteiger partial charge in [-0.2, -0.15) is 0 Å². The molecule has 0 aliphatic heterocycles. The van der Waals surface area contributed by atoms with Gasteiger partial charge in [0, 0.05) is 36.6 Å². The number of likely N-dealkylation sites (N-methyl/N-ethyl adjacent to an activating group) is 1. The third-order valence-corrected chi connectivity index (χ3v) is 4.29. The van der Waals surface area contributed by atoms with Crippen LogP contribution in [0.1, 0.15) is 30.3 Å². The van der Waals surface area contributed by atoms with Gasteiger partial charge in [-0.1, -0.05) is 6.07 Å². The van der Waals surface area contributed by atoms with Crippen molar-refractivity contribution < 1.29 is 0 Å². The van der Waals surface area contributed by atoms with E-state index in [1.54, 1.807) is 11.3 Å². The highest BCUT2D eigenvalue weighted by Gasteiger charge is 2.13. The fourth-order valence-corrected chi connectivity index (χ4v) is 2.82. The second kappa shape index (κ2) is 6.17. The molecule has 3 nitrogen and oxygen atoms in total. The molecule has 0 saturated carbocycles. The van der Waals surface area contributed by atoms with Crippen LogP contribution >= 0.6 is 11.3 Å². The van der Waals surface area contributed by atoms with Crippen LogP contribution in [0.4, 0.5) is 5.82 Å². The number of nitrogens with zero attached hydrogens (tertiary/aromatic N) is 2. The van der Waals surface area contributed by atoms with Crippen molar-refractivity contribution in [2.45, 2.75) is 32.4 Å². The van der Waals surface area contributed by atoms with Gasteiger partial charge in [0.15, 0.2) is 0 Å². The van der Waals surface area contributed by atoms with Crippen molar-refractivity contribution in [2.24, 2.45) is 5.73 Å². The van der Waals surface area contributed by atoms with Gasteiger partial charge >= 0.3 is 0 Å². The Hall–Kier alpha value is -1.39. The number of anilines is 1. The summed E-state index contributed by atoms with van der Waals surface area (Å²) in [5.74, 6) is 0.985. The molecule has 0 aliphatic carbocycles. The molecule has 2 heterocycles. The van der Waals surface area contributed by atoms with Crippen molar-refractivity contribution in [3.05, 3.63) is 46.3 Å². The summed E-state index contributed by atoms with van der Waals surface area (Å²) in [6.45, 7) is 4.22. The Balaban J connectivity index is 2.10. The lowest BCUT2D eigenvalue weighted by atomic mass is 10.1. The highest BCUT2D eigenvalue weighted by molar-refractivity contribution is 7.09. The van der Waals surface area contributed by atoms with Crippen LogP contribution in [0.2, 0.25) is 0 Å². The maximum absolute atomic E-state index is 5.92. The van der Waals surface area contributed by atoms with Gasteiger partial charge in [0.1, 0.15) is 5.82 Å².